The molecule has 1 aromatic rings. The molecule has 0 aliphatic rings. The molecule has 0 spiro atoms. The van der Waals surface area contributed by atoms with Gasteiger partial charge in [-0.2, -0.15) is 0 Å². The third kappa shape index (κ3) is 3.58. The van der Waals surface area contributed by atoms with Crippen LogP contribution in [0.15, 0.2) is 12.1 Å². The van der Waals surface area contributed by atoms with Crippen molar-refractivity contribution in [3.05, 3.63) is 17.3 Å². The first-order chi connectivity index (χ1) is 7.52. The van der Waals surface area contributed by atoms with Crippen LogP contribution in [0.5, 0.6) is 0 Å². The van der Waals surface area contributed by atoms with Gasteiger partial charge in [0.15, 0.2) is 0 Å². The highest BCUT2D eigenvalue weighted by molar-refractivity contribution is 6.29. The predicted octanol–water partition coefficient (Wildman–Crippen LogP) is 0.889. The Bertz CT molecular complexity index is 363. The summed E-state index contributed by atoms with van der Waals surface area (Å²) in [4.78, 5) is 17.0. The van der Waals surface area contributed by atoms with Gasteiger partial charge in [0.25, 0.3) is 0 Å². The van der Waals surface area contributed by atoms with E-state index < -0.39 is 0 Å². The van der Waals surface area contributed by atoms with E-state index in [2.05, 4.69) is 10.3 Å². The van der Waals surface area contributed by atoms with Gasteiger partial charge in [0, 0.05) is 38.8 Å². The maximum atomic E-state index is 11.1. The zero-order valence-electron chi connectivity index (χ0n) is 9.33. The molecule has 1 amide bonds. The first-order valence-electron chi connectivity index (χ1n) is 4.87. The summed E-state index contributed by atoms with van der Waals surface area (Å²) in [5.41, 5.74) is 6.21. The highest BCUT2D eigenvalue weighted by Crippen LogP contribution is 2.18. The minimum absolute atomic E-state index is 0.0122. The predicted molar refractivity (Wildman–Crippen MR) is 65.6 cm³/mol. The van der Waals surface area contributed by atoms with Crippen LogP contribution in [0, 0.1) is 0 Å². The van der Waals surface area contributed by atoms with Crippen molar-refractivity contribution >= 4 is 29.0 Å². The number of amides is 1. The first-order valence-corrected chi connectivity index (χ1v) is 5.25. The normalized spacial score (nSPS) is 9.94. The van der Waals surface area contributed by atoms with E-state index in [1.54, 1.807) is 19.2 Å². The highest BCUT2D eigenvalue weighted by atomic mass is 35.5. The molecule has 0 saturated carbocycles. The minimum Gasteiger partial charge on any atom is -0.399 e. The van der Waals surface area contributed by atoms with Crippen LogP contribution in [-0.2, 0) is 4.79 Å². The number of aromatic nitrogens is 1. The smallest absolute Gasteiger partial charge is 0.221 e. The van der Waals surface area contributed by atoms with Crippen LogP contribution in [0.1, 0.15) is 6.42 Å². The first kappa shape index (κ1) is 12.6. The number of rotatable bonds is 4. The average Bonchev–Trinajstić information content (AvgIpc) is 2.23. The number of hydrogen-bond donors (Lipinski definition) is 2. The number of carbonyl (C=O) groups is 1. The Kier molecular flexibility index (Phi) is 4.37. The number of hydrogen-bond acceptors (Lipinski definition) is 4. The Morgan fingerprint density at radius 3 is 2.88 bits per heavy atom. The topological polar surface area (TPSA) is 71.2 Å². The lowest BCUT2D eigenvalue weighted by Gasteiger charge is -2.18. The lowest BCUT2D eigenvalue weighted by molar-refractivity contribution is -0.120. The highest BCUT2D eigenvalue weighted by Gasteiger charge is 2.06. The van der Waals surface area contributed by atoms with Crippen molar-refractivity contribution in [1.29, 1.82) is 0 Å². The van der Waals surface area contributed by atoms with Gasteiger partial charge in [-0.05, 0) is 6.07 Å². The molecule has 1 rings (SSSR count). The van der Waals surface area contributed by atoms with Gasteiger partial charge >= 0.3 is 0 Å². The molecule has 0 aliphatic heterocycles. The molecule has 0 saturated heterocycles. The summed E-state index contributed by atoms with van der Waals surface area (Å²) in [5.74, 6) is 0.649. The Morgan fingerprint density at radius 1 is 1.62 bits per heavy atom. The van der Waals surface area contributed by atoms with Crippen LogP contribution >= 0.6 is 11.6 Å². The lowest BCUT2D eigenvalue weighted by Crippen LogP contribution is -2.26. The van der Waals surface area contributed by atoms with Gasteiger partial charge < -0.3 is 16.0 Å². The number of nitrogens with one attached hydrogen (secondary N) is 1. The van der Waals surface area contributed by atoms with Crippen LogP contribution < -0.4 is 16.0 Å². The molecule has 88 valence electrons. The summed E-state index contributed by atoms with van der Waals surface area (Å²) in [6, 6.07) is 3.30. The third-order valence-electron chi connectivity index (χ3n) is 2.15. The van der Waals surface area contributed by atoms with Gasteiger partial charge in [-0.3, -0.25) is 4.79 Å². The van der Waals surface area contributed by atoms with E-state index in [9.17, 15) is 4.79 Å². The number of carbonyl (C=O) groups excluding carboxylic acids is 1. The molecule has 0 unspecified atom stereocenters. The van der Waals surface area contributed by atoms with Gasteiger partial charge in [-0.15, -0.1) is 0 Å². The standard InChI is InChI=1S/C10H15ClN4O/c1-13-10(16)3-4-15(2)9-6-7(12)5-8(11)14-9/h5-6H,3-4H2,1-2H3,(H2,12,14)(H,13,16). The summed E-state index contributed by atoms with van der Waals surface area (Å²) in [7, 11) is 3.44. The van der Waals surface area contributed by atoms with Crippen molar-refractivity contribution in [2.75, 3.05) is 31.3 Å². The van der Waals surface area contributed by atoms with Crippen LogP contribution in [0.3, 0.4) is 0 Å². The molecule has 1 aromatic heterocycles. The molecule has 0 aliphatic carbocycles. The monoisotopic (exact) mass is 242 g/mol. The number of nitrogens with two attached hydrogens (primary N) is 1. The van der Waals surface area contributed by atoms with E-state index in [0.29, 0.717) is 29.6 Å². The Hall–Kier alpha value is -1.49. The summed E-state index contributed by atoms with van der Waals surface area (Å²) in [5, 5.41) is 2.91. The van der Waals surface area contributed by atoms with Crippen molar-refractivity contribution in [3.63, 3.8) is 0 Å². The minimum atomic E-state index is -0.0122. The molecule has 0 atom stereocenters. The molecule has 0 fully saturated rings. The molecule has 5 nitrogen and oxygen atoms in total. The zero-order valence-corrected chi connectivity index (χ0v) is 10.1. The number of nitrogen functional groups attached to an aromatic ring is 1. The van der Waals surface area contributed by atoms with Gasteiger partial charge in [0.2, 0.25) is 5.91 Å². The van der Waals surface area contributed by atoms with E-state index in [0.717, 1.165) is 0 Å². The largest absolute Gasteiger partial charge is 0.399 e. The fourth-order valence-corrected chi connectivity index (χ4v) is 1.42. The Labute approximate surface area is 99.6 Å². The quantitative estimate of drug-likeness (QED) is 0.770. The molecule has 1 heterocycles. The van der Waals surface area contributed by atoms with E-state index in [4.69, 9.17) is 17.3 Å². The molecule has 16 heavy (non-hydrogen) atoms. The van der Waals surface area contributed by atoms with Crippen LogP contribution in [0.4, 0.5) is 11.5 Å². The summed E-state index contributed by atoms with van der Waals surface area (Å²) >= 11 is 5.79. The van der Waals surface area contributed by atoms with Crippen molar-refractivity contribution in [3.8, 4) is 0 Å². The van der Waals surface area contributed by atoms with Gasteiger partial charge in [0.1, 0.15) is 11.0 Å². The van der Waals surface area contributed by atoms with Crippen molar-refractivity contribution in [2.24, 2.45) is 0 Å². The van der Waals surface area contributed by atoms with Gasteiger partial charge in [0.05, 0.1) is 0 Å². The molecule has 0 bridgehead atoms. The SMILES string of the molecule is CNC(=O)CCN(C)c1cc(N)cc(Cl)n1. The number of anilines is 2. The molecule has 0 radical (unpaired) electrons. The van der Waals surface area contributed by atoms with E-state index in [1.165, 1.54) is 0 Å². The number of halogens is 1. The van der Waals surface area contributed by atoms with Crippen molar-refractivity contribution < 1.29 is 4.79 Å². The molecule has 6 heteroatoms. The van der Waals surface area contributed by atoms with Crippen LogP contribution in [0.2, 0.25) is 5.15 Å². The molecule has 3 N–H and O–H groups in total. The summed E-state index contributed by atoms with van der Waals surface area (Å²) in [6.07, 6.45) is 0.404. The fraction of sp³-hybridized carbons (Fsp3) is 0.400. The van der Waals surface area contributed by atoms with E-state index in [-0.39, 0.29) is 5.91 Å². The second-order valence-electron chi connectivity index (χ2n) is 3.43. The van der Waals surface area contributed by atoms with E-state index >= 15 is 0 Å². The maximum Gasteiger partial charge on any atom is 0.221 e. The Morgan fingerprint density at radius 2 is 2.31 bits per heavy atom. The number of pyridine rings is 1. The summed E-state index contributed by atoms with van der Waals surface area (Å²) < 4.78 is 0. The molecular weight excluding hydrogens is 228 g/mol. The molecule has 0 aromatic carbocycles. The second-order valence-corrected chi connectivity index (χ2v) is 3.81. The number of nitrogens with zero attached hydrogens (tertiary/aromatic N) is 2. The van der Waals surface area contributed by atoms with E-state index in [1.807, 2.05) is 11.9 Å². The Balaban J connectivity index is 2.65. The third-order valence-corrected chi connectivity index (χ3v) is 2.34. The van der Waals surface area contributed by atoms with Crippen LogP contribution in [-0.4, -0.2) is 31.5 Å². The fourth-order valence-electron chi connectivity index (χ4n) is 1.21. The summed E-state index contributed by atoms with van der Waals surface area (Å²) in [6.45, 7) is 0.562. The average molecular weight is 243 g/mol. The lowest BCUT2D eigenvalue weighted by atomic mass is 10.3. The van der Waals surface area contributed by atoms with Gasteiger partial charge in [-0.1, -0.05) is 11.6 Å². The molecular formula is C10H15ClN4O. The maximum absolute atomic E-state index is 11.1. The van der Waals surface area contributed by atoms with Gasteiger partial charge in [-0.25, -0.2) is 4.98 Å². The van der Waals surface area contributed by atoms with Crippen LogP contribution in [0.25, 0.3) is 0 Å². The second kappa shape index (κ2) is 5.55. The van der Waals surface area contributed by atoms with Crippen molar-refractivity contribution in [2.45, 2.75) is 6.42 Å². The van der Waals surface area contributed by atoms with Crippen molar-refractivity contribution in [1.82, 2.24) is 10.3 Å². The zero-order chi connectivity index (χ0) is 12.1.